The fraction of sp³-hybridized carbons (Fsp3) is 0.522. The zero-order chi connectivity index (χ0) is 19.5. The first-order chi connectivity index (χ1) is 13.6. The second-order valence-corrected chi connectivity index (χ2v) is 9.33. The van der Waals surface area contributed by atoms with E-state index in [1.165, 1.54) is 16.3 Å². The lowest BCUT2D eigenvalue weighted by atomic mass is 10.0. The molecule has 0 aliphatic carbocycles. The predicted octanol–water partition coefficient (Wildman–Crippen LogP) is 4.35. The molecule has 4 heterocycles. The Morgan fingerprint density at radius 3 is 2.71 bits per heavy atom. The number of aliphatic imine (C=N–C) groups is 1. The summed E-state index contributed by atoms with van der Waals surface area (Å²) in [5, 5.41) is 2.17. The summed E-state index contributed by atoms with van der Waals surface area (Å²) in [5.74, 6) is 1.66. The van der Waals surface area contributed by atoms with E-state index >= 15 is 0 Å². The molecule has 28 heavy (non-hydrogen) atoms. The average molecular weight is 397 g/mol. The molecule has 5 heteroatoms. The smallest absolute Gasteiger partial charge is 0.155 e. The SMILES string of the molecule is CC1C=C(Cc2cccs2)N2C=CCC(C)N=C2C(N2CCN(C)CC2)=CC1. The molecule has 0 bridgehead atoms. The van der Waals surface area contributed by atoms with Crippen LogP contribution in [-0.4, -0.2) is 59.8 Å². The van der Waals surface area contributed by atoms with Crippen LogP contribution in [0.25, 0.3) is 0 Å². The van der Waals surface area contributed by atoms with Gasteiger partial charge in [-0.3, -0.25) is 4.99 Å². The summed E-state index contributed by atoms with van der Waals surface area (Å²) in [6.07, 6.45) is 12.5. The molecule has 2 atom stereocenters. The Morgan fingerprint density at radius 2 is 1.96 bits per heavy atom. The zero-order valence-electron chi connectivity index (χ0n) is 17.3. The quantitative estimate of drug-likeness (QED) is 0.758. The largest absolute Gasteiger partial charge is 0.366 e. The Kier molecular flexibility index (Phi) is 6.02. The molecule has 1 saturated heterocycles. The number of thiophene rings is 1. The highest BCUT2D eigenvalue weighted by Gasteiger charge is 2.28. The monoisotopic (exact) mass is 396 g/mol. The summed E-state index contributed by atoms with van der Waals surface area (Å²) >= 11 is 1.84. The van der Waals surface area contributed by atoms with Crippen LogP contribution in [0, 0.1) is 5.92 Å². The number of fused-ring (bicyclic) bond motifs is 1. The predicted molar refractivity (Wildman–Crippen MR) is 120 cm³/mol. The minimum absolute atomic E-state index is 0.312. The molecule has 1 aromatic heterocycles. The molecule has 1 aromatic rings. The van der Waals surface area contributed by atoms with Crippen molar-refractivity contribution >= 4 is 17.2 Å². The first-order valence-corrected chi connectivity index (χ1v) is 11.4. The molecule has 0 aromatic carbocycles. The second-order valence-electron chi connectivity index (χ2n) is 8.30. The third-order valence-corrected chi connectivity index (χ3v) is 6.66. The molecule has 0 N–H and O–H groups in total. The van der Waals surface area contributed by atoms with E-state index < -0.39 is 0 Å². The molecule has 2 unspecified atom stereocenters. The van der Waals surface area contributed by atoms with Crippen LogP contribution in [0.2, 0.25) is 0 Å². The van der Waals surface area contributed by atoms with Gasteiger partial charge in [0.2, 0.25) is 0 Å². The molecule has 4 nitrogen and oxygen atoms in total. The van der Waals surface area contributed by atoms with Gasteiger partial charge in [-0.2, -0.15) is 0 Å². The molecule has 0 amide bonds. The number of nitrogens with zero attached hydrogens (tertiary/aromatic N) is 4. The molecule has 3 aliphatic heterocycles. The van der Waals surface area contributed by atoms with Gasteiger partial charge in [-0.05, 0) is 44.2 Å². The maximum Gasteiger partial charge on any atom is 0.155 e. The van der Waals surface area contributed by atoms with Crippen molar-refractivity contribution in [3.05, 3.63) is 58.2 Å². The normalized spacial score (nSPS) is 26.6. The van der Waals surface area contributed by atoms with Crippen LogP contribution >= 0.6 is 11.3 Å². The average Bonchev–Trinajstić information content (AvgIpc) is 3.10. The summed E-state index contributed by atoms with van der Waals surface area (Å²) in [5.41, 5.74) is 2.69. The van der Waals surface area contributed by atoms with Gasteiger partial charge in [0, 0.05) is 49.4 Å². The highest BCUT2D eigenvalue weighted by Crippen LogP contribution is 2.29. The second kappa shape index (κ2) is 8.66. The Morgan fingerprint density at radius 1 is 1.14 bits per heavy atom. The molecule has 0 radical (unpaired) electrons. The first kappa shape index (κ1) is 19.5. The number of amidine groups is 1. The molecule has 1 fully saturated rings. The van der Waals surface area contributed by atoms with Crippen molar-refractivity contribution in [2.75, 3.05) is 33.2 Å². The molecule has 0 spiro atoms. The lowest BCUT2D eigenvalue weighted by molar-refractivity contribution is 0.190. The van der Waals surface area contributed by atoms with Crippen molar-refractivity contribution in [2.45, 2.75) is 39.2 Å². The fourth-order valence-electron chi connectivity index (χ4n) is 4.10. The van der Waals surface area contributed by atoms with E-state index in [1.807, 2.05) is 11.3 Å². The van der Waals surface area contributed by atoms with Crippen LogP contribution in [0.3, 0.4) is 0 Å². The summed E-state index contributed by atoms with van der Waals surface area (Å²) in [7, 11) is 2.22. The number of piperazine rings is 1. The molecule has 0 saturated carbocycles. The Labute approximate surface area is 173 Å². The Bertz CT molecular complexity index is 782. The van der Waals surface area contributed by atoms with E-state index in [-0.39, 0.29) is 0 Å². The number of allylic oxidation sites excluding steroid dienone is 3. The highest BCUT2D eigenvalue weighted by atomic mass is 32.1. The van der Waals surface area contributed by atoms with Crippen LogP contribution in [0.15, 0.2) is 58.3 Å². The summed E-state index contributed by atoms with van der Waals surface area (Å²) in [6, 6.07) is 4.71. The van der Waals surface area contributed by atoms with Crippen molar-refractivity contribution in [1.82, 2.24) is 14.7 Å². The van der Waals surface area contributed by atoms with E-state index in [0.717, 1.165) is 51.3 Å². The van der Waals surface area contributed by atoms with Crippen LogP contribution in [0.5, 0.6) is 0 Å². The number of likely N-dealkylation sites (N-methyl/N-ethyl adjacent to an activating group) is 1. The molecule has 4 rings (SSSR count). The Hall–Kier alpha value is -1.85. The third-order valence-electron chi connectivity index (χ3n) is 5.78. The van der Waals surface area contributed by atoms with Gasteiger partial charge >= 0.3 is 0 Å². The fourth-order valence-corrected chi connectivity index (χ4v) is 4.82. The van der Waals surface area contributed by atoms with Gasteiger partial charge in [-0.25, -0.2) is 0 Å². The van der Waals surface area contributed by atoms with Crippen LogP contribution in [0.4, 0.5) is 0 Å². The minimum Gasteiger partial charge on any atom is -0.366 e. The summed E-state index contributed by atoms with van der Waals surface area (Å²) in [4.78, 5) is 14.0. The lowest BCUT2D eigenvalue weighted by Gasteiger charge is -2.39. The van der Waals surface area contributed by atoms with Crippen molar-refractivity contribution in [2.24, 2.45) is 10.9 Å². The van der Waals surface area contributed by atoms with Gasteiger partial charge in [0.1, 0.15) is 0 Å². The van der Waals surface area contributed by atoms with Gasteiger partial charge in [-0.1, -0.05) is 31.2 Å². The standard InChI is InChI=1S/C23H32N4S/c1-18-8-9-22(26-13-11-25(3)12-14-26)23-24-19(2)6-4-10-27(23)20(16-18)17-21-7-5-15-28-21/h4-5,7,9-10,15-16,18-19H,6,8,11-14,17H2,1-3H3. The van der Waals surface area contributed by atoms with Gasteiger partial charge in [0.15, 0.2) is 5.84 Å². The van der Waals surface area contributed by atoms with Crippen molar-refractivity contribution < 1.29 is 0 Å². The minimum atomic E-state index is 0.312. The van der Waals surface area contributed by atoms with E-state index in [1.54, 1.807) is 0 Å². The number of rotatable bonds is 3. The summed E-state index contributed by atoms with van der Waals surface area (Å²) in [6.45, 7) is 8.94. The maximum absolute atomic E-state index is 5.20. The topological polar surface area (TPSA) is 22.1 Å². The van der Waals surface area contributed by atoms with Crippen LogP contribution in [0.1, 0.15) is 31.6 Å². The van der Waals surface area contributed by atoms with Crippen molar-refractivity contribution in [3.8, 4) is 0 Å². The van der Waals surface area contributed by atoms with Crippen molar-refractivity contribution in [3.63, 3.8) is 0 Å². The van der Waals surface area contributed by atoms with Crippen LogP contribution in [-0.2, 0) is 6.42 Å². The maximum atomic E-state index is 5.20. The highest BCUT2D eigenvalue weighted by molar-refractivity contribution is 7.09. The van der Waals surface area contributed by atoms with Gasteiger partial charge in [-0.15, -0.1) is 11.3 Å². The van der Waals surface area contributed by atoms with Gasteiger partial charge < -0.3 is 14.7 Å². The zero-order valence-corrected chi connectivity index (χ0v) is 18.2. The molecular formula is C23H32N4S. The molecule has 150 valence electrons. The Balaban J connectivity index is 1.71. The third kappa shape index (κ3) is 4.41. The number of hydrogen-bond donors (Lipinski definition) is 0. The van der Waals surface area contributed by atoms with E-state index in [9.17, 15) is 0 Å². The van der Waals surface area contributed by atoms with E-state index in [0.29, 0.717) is 12.0 Å². The lowest BCUT2D eigenvalue weighted by Crippen LogP contribution is -2.47. The van der Waals surface area contributed by atoms with E-state index in [4.69, 9.17) is 4.99 Å². The van der Waals surface area contributed by atoms with Crippen molar-refractivity contribution in [1.29, 1.82) is 0 Å². The van der Waals surface area contributed by atoms with Gasteiger partial charge in [0.05, 0.1) is 11.7 Å². The van der Waals surface area contributed by atoms with Gasteiger partial charge in [0.25, 0.3) is 0 Å². The molecular weight excluding hydrogens is 364 g/mol. The summed E-state index contributed by atoms with van der Waals surface area (Å²) < 4.78 is 0. The molecule has 3 aliphatic rings. The number of hydrogen-bond acceptors (Lipinski definition) is 5. The van der Waals surface area contributed by atoms with Crippen LogP contribution < -0.4 is 0 Å². The van der Waals surface area contributed by atoms with E-state index in [2.05, 4.69) is 77.5 Å². The first-order valence-electron chi connectivity index (χ1n) is 10.5.